The molecule has 0 bridgehead atoms. The van der Waals surface area contributed by atoms with Crippen LogP contribution in [0.3, 0.4) is 0 Å². The first-order valence-corrected chi connectivity index (χ1v) is 8.69. The number of amides is 2. The van der Waals surface area contributed by atoms with Gasteiger partial charge in [0.05, 0.1) is 6.04 Å². The van der Waals surface area contributed by atoms with Crippen LogP contribution in [0, 0.1) is 24.2 Å². The van der Waals surface area contributed by atoms with Crippen LogP contribution in [-0.4, -0.2) is 47.4 Å². The Bertz CT molecular complexity index is 598. The molecular weight excluding hydrogens is 308 g/mol. The molecule has 1 aliphatic heterocycles. The predicted molar refractivity (Wildman–Crippen MR) is 89.5 cm³/mol. The number of nitrogens with zero attached hydrogens (tertiary/aromatic N) is 1. The first-order valence-electron chi connectivity index (χ1n) is 8.69. The monoisotopic (exact) mass is 336 g/mol. The molecule has 1 aromatic rings. The molecule has 1 aliphatic carbocycles. The smallest absolute Gasteiger partial charge is 0.317 e. The van der Waals surface area contributed by atoms with Crippen molar-refractivity contribution in [3.63, 3.8) is 0 Å². The van der Waals surface area contributed by atoms with Crippen molar-refractivity contribution in [3.8, 4) is 0 Å². The largest absolute Gasteiger partial charge is 0.466 e. The van der Waals surface area contributed by atoms with Crippen LogP contribution in [0.1, 0.15) is 43.4 Å². The van der Waals surface area contributed by atoms with E-state index in [1.807, 2.05) is 13.0 Å². The van der Waals surface area contributed by atoms with Crippen LogP contribution in [0.4, 0.5) is 4.79 Å². The molecular formula is C18H28N2O4. The van der Waals surface area contributed by atoms with E-state index in [0.29, 0.717) is 13.1 Å². The number of hydrogen-bond acceptors (Lipinski definition) is 4. The highest BCUT2D eigenvalue weighted by Gasteiger charge is 2.38. The molecule has 0 aromatic carbocycles. The number of urea groups is 1. The SMILES string of the molecule is Cc1cc2c(o1)CC(C)(C)CC2NC(=O)N1C[C@@H](CO)[C@H](CO)C1. The summed E-state index contributed by atoms with van der Waals surface area (Å²) in [6, 6.07) is 1.83. The lowest BCUT2D eigenvalue weighted by molar-refractivity contribution is 0.152. The van der Waals surface area contributed by atoms with Gasteiger partial charge in [-0.1, -0.05) is 13.8 Å². The number of nitrogens with one attached hydrogen (secondary N) is 1. The van der Waals surface area contributed by atoms with E-state index in [1.165, 1.54) is 0 Å². The van der Waals surface area contributed by atoms with Gasteiger partial charge in [-0.15, -0.1) is 0 Å². The Kier molecular flexibility index (Phi) is 4.62. The summed E-state index contributed by atoms with van der Waals surface area (Å²) in [4.78, 5) is 14.4. The molecule has 1 fully saturated rings. The average Bonchev–Trinajstić information content (AvgIpc) is 3.08. The van der Waals surface area contributed by atoms with Gasteiger partial charge in [0.1, 0.15) is 11.5 Å². The second kappa shape index (κ2) is 6.41. The molecule has 3 atom stereocenters. The number of rotatable bonds is 3. The van der Waals surface area contributed by atoms with Crippen molar-refractivity contribution < 1.29 is 19.4 Å². The standard InChI is InChI=1S/C18H28N2O4/c1-11-4-14-15(5-18(2,3)6-16(14)24-11)19-17(23)20-7-12(9-21)13(8-20)10-22/h4,12-13,15,21-22H,5-10H2,1-3H3,(H,19,23)/t12-,13-,15?/m0/s1. The quantitative estimate of drug-likeness (QED) is 0.786. The van der Waals surface area contributed by atoms with Crippen molar-refractivity contribution >= 4 is 6.03 Å². The van der Waals surface area contributed by atoms with Crippen LogP contribution in [0.2, 0.25) is 0 Å². The first kappa shape index (κ1) is 17.3. The first-order chi connectivity index (χ1) is 11.3. The highest BCUT2D eigenvalue weighted by atomic mass is 16.3. The molecule has 1 saturated heterocycles. The zero-order valence-corrected chi connectivity index (χ0v) is 14.7. The van der Waals surface area contributed by atoms with Crippen LogP contribution in [0.5, 0.6) is 0 Å². The Morgan fingerprint density at radius 1 is 1.33 bits per heavy atom. The summed E-state index contributed by atoms with van der Waals surface area (Å²) in [6.07, 6.45) is 1.75. The van der Waals surface area contributed by atoms with E-state index in [0.717, 1.165) is 29.9 Å². The van der Waals surface area contributed by atoms with E-state index in [2.05, 4.69) is 19.2 Å². The number of carbonyl (C=O) groups is 1. The van der Waals surface area contributed by atoms with E-state index >= 15 is 0 Å². The number of aliphatic hydroxyl groups is 2. The number of hydrogen-bond donors (Lipinski definition) is 3. The summed E-state index contributed by atoms with van der Waals surface area (Å²) < 4.78 is 5.82. The molecule has 6 heteroatoms. The molecule has 0 radical (unpaired) electrons. The van der Waals surface area contributed by atoms with Crippen molar-refractivity contribution in [1.29, 1.82) is 0 Å². The van der Waals surface area contributed by atoms with Crippen molar-refractivity contribution in [3.05, 3.63) is 23.2 Å². The minimum Gasteiger partial charge on any atom is -0.466 e. The third-order valence-electron chi connectivity index (χ3n) is 5.37. The summed E-state index contributed by atoms with van der Waals surface area (Å²) in [6.45, 7) is 7.27. The molecule has 2 aliphatic rings. The fraction of sp³-hybridized carbons (Fsp3) is 0.722. The average molecular weight is 336 g/mol. The molecule has 3 rings (SSSR count). The second-order valence-corrected chi connectivity index (χ2v) is 8.07. The fourth-order valence-electron chi connectivity index (χ4n) is 4.07. The van der Waals surface area contributed by atoms with E-state index < -0.39 is 0 Å². The zero-order valence-electron chi connectivity index (χ0n) is 14.7. The van der Waals surface area contributed by atoms with Crippen LogP contribution in [-0.2, 0) is 6.42 Å². The number of aryl methyl sites for hydroxylation is 1. The molecule has 0 saturated carbocycles. The number of likely N-dealkylation sites (tertiary alicyclic amines) is 1. The number of furan rings is 1. The highest BCUT2D eigenvalue weighted by molar-refractivity contribution is 5.75. The maximum Gasteiger partial charge on any atom is 0.317 e. The molecule has 0 spiro atoms. The van der Waals surface area contributed by atoms with Gasteiger partial charge < -0.3 is 24.8 Å². The lowest BCUT2D eigenvalue weighted by Crippen LogP contribution is -2.43. The predicted octanol–water partition coefficient (Wildman–Crippen LogP) is 1.84. The molecule has 1 unspecified atom stereocenters. The van der Waals surface area contributed by atoms with E-state index in [4.69, 9.17) is 4.42 Å². The fourth-order valence-corrected chi connectivity index (χ4v) is 4.07. The third kappa shape index (κ3) is 3.30. The Morgan fingerprint density at radius 3 is 2.54 bits per heavy atom. The van der Waals surface area contributed by atoms with Gasteiger partial charge in [-0.3, -0.25) is 0 Å². The number of carbonyl (C=O) groups excluding carboxylic acids is 1. The summed E-state index contributed by atoms with van der Waals surface area (Å²) in [5.41, 5.74) is 1.15. The van der Waals surface area contributed by atoms with Gasteiger partial charge >= 0.3 is 6.03 Å². The van der Waals surface area contributed by atoms with Crippen LogP contribution in [0.15, 0.2) is 10.5 Å². The zero-order chi connectivity index (χ0) is 17.5. The Hall–Kier alpha value is -1.53. The van der Waals surface area contributed by atoms with E-state index in [-0.39, 0.29) is 42.5 Å². The van der Waals surface area contributed by atoms with E-state index in [1.54, 1.807) is 4.90 Å². The number of fused-ring (bicyclic) bond motifs is 1. The highest BCUT2D eigenvalue weighted by Crippen LogP contribution is 2.42. The maximum absolute atomic E-state index is 12.7. The topological polar surface area (TPSA) is 85.9 Å². The maximum atomic E-state index is 12.7. The van der Waals surface area contributed by atoms with Crippen molar-refractivity contribution in [2.45, 2.75) is 39.7 Å². The Labute approximate surface area is 142 Å². The third-order valence-corrected chi connectivity index (χ3v) is 5.37. The minimum atomic E-state index is -0.128. The minimum absolute atomic E-state index is 0.00343. The van der Waals surface area contributed by atoms with Gasteiger partial charge in [-0.2, -0.15) is 0 Å². The summed E-state index contributed by atoms with van der Waals surface area (Å²) >= 11 is 0. The molecule has 1 aromatic heterocycles. The Morgan fingerprint density at radius 2 is 1.96 bits per heavy atom. The lowest BCUT2D eigenvalue weighted by Gasteiger charge is -2.35. The van der Waals surface area contributed by atoms with Crippen molar-refractivity contribution in [2.75, 3.05) is 26.3 Å². The van der Waals surface area contributed by atoms with Crippen molar-refractivity contribution in [2.24, 2.45) is 17.3 Å². The lowest BCUT2D eigenvalue weighted by atomic mass is 9.75. The summed E-state index contributed by atoms with van der Waals surface area (Å²) in [5, 5.41) is 22.0. The van der Waals surface area contributed by atoms with Gasteiger partial charge in [-0.25, -0.2) is 4.79 Å². The second-order valence-electron chi connectivity index (χ2n) is 8.07. The normalized spacial score (nSPS) is 28.7. The van der Waals surface area contributed by atoms with Gasteiger partial charge in [0, 0.05) is 50.1 Å². The summed E-state index contributed by atoms with van der Waals surface area (Å²) in [7, 11) is 0. The molecule has 24 heavy (non-hydrogen) atoms. The molecule has 2 heterocycles. The van der Waals surface area contributed by atoms with Gasteiger partial charge in [0.2, 0.25) is 0 Å². The van der Waals surface area contributed by atoms with Crippen molar-refractivity contribution in [1.82, 2.24) is 10.2 Å². The van der Waals surface area contributed by atoms with Crippen LogP contribution < -0.4 is 5.32 Å². The summed E-state index contributed by atoms with van der Waals surface area (Å²) in [5.74, 6) is 1.75. The molecule has 134 valence electrons. The van der Waals surface area contributed by atoms with Gasteiger partial charge in [-0.05, 0) is 24.8 Å². The molecule has 6 nitrogen and oxygen atoms in total. The van der Waals surface area contributed by atoms with Gasteiger partial charge in [0.15, 0.2) is 0 Å². The van der Waals surface area contributed by atoms with Crippen LogP contribution in [0.25, 0.3) is 0 Å². The number of aliphatic hydroxyl groups excluding tert-OH is 2. The molecule has 3 N–H and O–H groups in total. The van der Waals surface area contributed by atoms with Crippen LogP contribution >= 0.6 is 0 Å². The molecule has 2 amide bonds. The van der Waals surface area contributed by atoms with E-state index in [9.17, 15) is 15.0 Å². The Balaban J connectivity index is 1.72. The van der Waals surface area contributed by atoms with Gasteiger partial charge in [0.25, 0.3) is 0 Å².